The molecule has 1 aromatic rings. The van der Waals surface area contributed by atoms with Gasteiger partial charge in [-0.15, -0.1) is 0 Å². The third kappa shape index (κ3) is 3.40. The summed E-state index contributed by atoms with van der Waals surface area (Å²) in [5.41, 5.74) is -0.828. The van der Waals surface area contributed by atoms with Gasteiger partial charge in [0, 0.05) is 5.56 Å². The average molecular weight is 225 g/mol. The molecule has 6 heteroatoms. The molecule has 0 aliphatic heterocycles. The Morgan fingerprint density at radius 1 is 1.62 bits per heavy atom. The molecule has 0 aliphatic rings. The molecule has 1 aromatic carbocycles. The summed E-state index contributed by atoms with van der Waals surface area (Å²) in [6, 6.07) is 5.30. The van der Waals surface area contributed by atoms with Gasteiger partial charge >= 0.3 is 11.4 Å². The lowest BCUT2D eigenvalue weighted by molar-refractivity contribution is 0.281. The summed E-state index contributed by atoms with van der Waals surface area (Å²) < 4.78 is 35.4. The molecular formula is C7H6ClFO3S. The lowest BCUT2D eigenvalue weighted by atomic mass is 10.2. The van der Waals surface area contributed by atoms with Crippen molar-refractivity contribution in [2.24, 2.45) is 0 Å². The maximum absolute atomic E-state index is 12.6. The number of alkyl halides is 1. The van der Waals surface area contributed by atoms with Crippen LogP contribution in [0.1, 0.15) is 11.1 Å². The Balaban J connectivity index is 2.76. The van der Waals surface area contributed by atoms with E-state index in [0.717, 1.165) is 6.07 Å². The summed E-state index contributed by atoms with van der Waals surface area (Å²) in [7, 11) is 0. The van der Waals surface area contributed by atoms with Gasteiger partial charge in [-0.25, -0.2) is 8.57 Å². The van der Waals surface area contributed by atoms with Crippen molar-refractivity contribution in [2.75, 3.05) is 0 Å². The van der Waals surface area contributed by atoms with Gasteiger partial charge in [0.15, 0.2) is 5.56 Å². The number of hydrogen-bond acceptors (Lipinski definition) is 2. The highest BCUT2D eigenvalue weighted by Crippen LogP contribution is 2.22. The second kappa shape index (κ2) is 4.66. The first-order chi connectivity index (χ1) is 6.09. The van der Waals surface area contributed by atoms with Gasteiger partial charge in [-0.1, -0.05) is 23.7 Å². The van der Waals surface area contributed by atoms with E-state index in [1.807, 2.05) is 0 Å². The van der Waals surface area contributed by atoms with E-state index in [9.17, 15) is 8.60 Å². The Morgan fingerprint density at radius 3 is 2.85 bits per heavy atom. The van der Waals surface area contributed by atoms with Crippen LogP contribution >= 0.6 is 11.6 Å². The van der Waals surface area contributed by atoms with Gasteiger partial charge in [0.2, 0.25) is 0 Å². The normalized spacial score (nSPS) is 15.3. The quantitative estimate of drug-likeness (QED) is 0.633. The molecule has 1 N–H and O–H groups in total. The van der Waals surface area contributed by atoms with Crippen LogP contribution in [0.25, 0.3) is 0 Å². The number of hydrogen-bond donors (Lipinski definition) is 1. The van der Waals surface area contributed by atoms with Crippen LogP contribution in [0, 0.1) is 5.82 Å². The van der Waals surface area contributed by atoms with Gasteiger partial charge in [0.05, 0.1) is 0 Å². The molecule has 0 radical (unpaired) electrons. The van der Waals surface area contributed by atoms with Gasteiger partial charge in [0.25, 0.3) is 0 Å². The molecule has 0 bridgehead atoms. The zero-order valence-corrected chi connectivity index (χ0v) is 7.89. The number of rotatable bonds is 3. The lowest BCUT2D eigenvalue weighted by Crippen LogP contribution is -2.00. The SMILES string of the molecule is O=S(O)OC(Cl)c1cccc(F)c1. The molecule has 0 fully saturated rings. The van der Waals surface area contributed by atoms with E-state index in [2.05, 4.69) is 4.18 Å². The molecule has 0 heterocycles. The predicted octanol–water partition coefficient (Wildman–Crippen LogP) is 2.22. The van der Waals surface area contributed by atoms with Crippen LogP contribution in [0.2, 0.25) is 0 Å². The summed E-state index contributed by atoms with van der Waals surface area (Å²) in [4.78, 5) is 0. The molecule has 72 valence electrons. The van der Waals surface area contributed by atoms with E-state index >= 15 is 0 Å². The summed E-state index contributed by atoms with van der Waals surface area (Å²) in [5.74, 6) is -0.476. The van der Waals surface area contributed by atoms with E-state index in [4.69, 9.17) is 16.2 Å². The first-order valence-electron chi connectivity index (χ1n) is 3.27. The first kappa shape index (κ1) is 10.6. The smallest absolute Gasteiger partial charge is 0.284 e. The number of benzene rings is 1. The molecule has 2 atom stereocenters. The fourth-order valence-corrected chi connectivity index (χ4v) is 1.35. The van der Waals surface area contributed by atoms with Crippen LogP contribution in [0.15, 0.2) is 24.3 Å². The summed E-state index contributed by atoms with van der Waals surface area (Å²) in [6.07, 6.45) is 0. The molecule has 0 saturated carbocycles. The third-order valence-electron chi connectivity index (χ3n) is 1.28. The standard InChI is InChI=1S/C7H6ClFO3S/c8-7(12-13(10)11)5-2-1-3-6(9)4-5/h1-4,7H,(H,10,11). The maximum atomic E-state index is 12.6. The van der Waals surface area contributed by atoms with Gasteiger partial charge in [-0.05, 0) is 12.1 Å². The second-order valence-electron chi connectivity index (χ2n) is 2.18. The van der Waals surface area contributed by atoms with Crippen molar-refractivity contribution in [3.8, 4) is 0 Å². The van der Waals surface area contributed by atoms with Crippen molar-refractivity contribution in [1.29, 1.82) is 0 Å². The van der Waals surface area contributed by atoms with Gasteiger partial charge in [-0.3, -0.25) is 4.55 Å². The monoisotopic (exact) mass is 224 g/mol. The largest absolute Gasteiger partial charge is 0.303 e. The molecular weight excluding hydrogens is 219 g/mol. The van der Waals surface area contributed by atoms with Crippen molar-refractivity contribution in [1.82, 2.24) is 0 Å². The molecule has 0 aromatic heterocycles. The van der Waals surface area contributed by atoms with Crippen LogP contribution in [0.4, 0.5) is 4.39 Å². The van der Waals surface area contributed by atoms with Gasteiger partial charge in [0.1, 0.15) is 5.82 Å². The van der Waals surface area contributed by atoms with Crippen LogP contribution in [0.3, 0.4) is 0 Å². The van der Waals surface area contributed by atoms with E-state index < -0.39 is 22.7 Å². The summed E-state index contributed by atoms with van der Waals surface area (Å²) in [5, 5.41) is 0. The van der Waals surface area contributed by atoms with Crippen LogP contribution in [-0.4, -0.2) is 8.76 Å². The Kier molecular flexibility index (Phi) is 3.80. The zero-order valence-electron chi connectivity index (χ0n) is 6.31. The van der Waals surface area contributed by atoms with E-state index in [0.29, 0.717) is 5.56 Å². The van der Waals surface area contributed by atoms with Crippen LogP contribution in [0.5, 0.6) is 0 Å². The van der Waals surface area contributed by atoms with Crippen molar-refractivity contribution in [2.45, 2.75) is 5.56 Å². The van der Waals surface area contributed by atoms with E-state index in [-0.39, 0.29) is 0 Å². The van der Waals surface area contributed by atoms with E-state index in [1.54, 1.807) is 0 Å². The Morgan fingerprint density at radius 2 is 2.31 bits per heavy atom. The molecule has 0 amide bonds. The van der Waals surface area contributed by atoms with Crippen molar-refractivity contribution < 1.29 is 17.3 Å². The van der Waals surface area contributed by atoms with Crippen molar-refractivity contribution in [3.05, 3.63) is 35.6 Å². The minimum absolute atomic E-state index is 0.295. The van der Waals surface area contributed by atoms with Crippen molar-refractivity contribution in [3.63, 3.8) is 0 Å². The summed E-state index contributed by atoms with van der Waals surface area (Å²) >= 11 is 3.07. The highest BCUT2D eigenvalue weighted by atomic mass is 35.5. The first-order valence-corrected chi connectivity index (χ1v) is 4.74. The van der Waals surface area contributed by atoms with Crippen LogP contribution in [-0.2, 0) is 15.5 Å². The Hall–Kier alpha value is -0.490. The maximum Gasteiger partial charge on any atom is 0.303 e. The minimum Gasteiger partial charge on any atom is -0.284 e. The highest BCUT2D eigenvalue weighted by molar-refractivity contribution is 7.74. The van der Waals surface area contributed by atoms with Gasteiger partial charge < -0.3 is 0 Å². The van der Waals surface area contributed by atoms with Gasteiger partial charge in [-0.2, -0.15) is 4.21 Å². The second-order valence-corrected chi connectivity index (χ2v) is 3.21. The Bertz CT molecular complexity index is 320. The van der Waals surface area contributed by atoms with Crippen molar-refractivity contribution >= 4 is 23.0 Å². The molecule has 3 nitrogen and oxygen atoms in total. The highest BCUT2D eigenvalue weighted by Gasteiger charge is 2.11. The minimum atomic E-state index is -2.46. The topological polar surface area (TPSA) is 46.5 Å². The van der Waals surface area contributed by atoms with Crippen LogP contribution < -0.4 is 0 Å². The fourth-order valence-electron chi connectivity index (χ4n) is 0.776. The third-order valence-corrected chi connectivity index (χ3v) is 2.08. The summed E-state index contributed by atoms with van der Waals surface area (Å²) in [6.45, 7) is 0. The lowest BCUT2D eigenvalue weighted by Gasteiger charge is -2.06. The molecule has 0 saturated heterocycles. The molecule has 13 heavy (non-hydrogen) atoms. The number of halogens is 2. The molecule has 1 rings (SSSR count). The Labute approximate surface area is 82.0 Å². The van der Waals surface area contributed by atoms with E-state index in [1.165, 1.54) is 18.2 Å². The average Bonchev–Trinajstić information content (AvgIpc) is 2.03. The molecule has 2 unspecified atom stereocenters. The molecule has 0 spiro atoms. The fraction of sp³-hybridized carbons (Fsp3) is 0.143. The molecule has 0 aliphatic carbocycles. The zero-order chi connectivity index (χ0) is 9.84. The predicted molar refractivity (Wildman–Crippen MR) is 46.9 cm³/mol.